The largest absolute Gasteiger partial charge is 0.348 e. The van der Waals surface area contributed by atoms with Crippen molar-refractivity contribution in [1.82, 2.24) is 20.4 Å². The summed E-state index contributed by atoms with van der Waals surface area (Å²) >= 11 is 3.50. The van der Waals surface area contributed by atoms with Crippen LogP contribution in [0.25, 0.3) is 0 Å². The summed E-state index contributed by atoms with van der Waals surface area (Å²) in [5.74, 6) is -0.0173. The fourth-order valence-corrected chi connectivity index (χ4v) is 3.44. The van der Waals surface area contributed by atoms with E-state index in [4.69, 9.17) is 0 Å². The molecule has 124 valence electrons. The molecular weight excluding hydrogens is 380 g/mol. The number of aryl methyl sites for hydroxylation is 2. The molecule has 2 aromatic rings. The Bertz CT molecular complexity index is 703. The smallest absolute Gasteiger partial charge is 0.242 e. The van der Waals surface area contributed by atoms with Gasteiger partial charge in [-0.15, -0.1) is 12.4 Å². The standard InChI is InChI=1S/C16H19BrN4O.ClH/c1-18-15(11-8-19-21(2)9-11)16(22)20-14-6-3-10-7-12(17)4-5-13(10)14;/h4-5,7-9,14-15,18H,3,6H2,1-2H3,(H,20,22);1H. The molecule has 1 aliphatic rings. The normalized spacial score (nSPS) is 17.3. The Kier molecular flexibility index (Phi) is 5.84. The van der Waals surface area contributed by atoms with Crippen LogP contribution in [0.1, 0.15) is 35.2 Å². The van der Waals surface area contributed by atoms with E-state index >= 15 is 0 Å². The molecule has 0 aliphatic heterocycles. The van der Waals surface area contributed by atoms with Gasteiger partial charge in [-0.25, -0.2) is 0 Å². The fraction of sp³-hybridized carbons (Fsp3) is 0.375. The Hall–Kier alpha value is -1.37. The second-order valence-electron chi connectivity index (χ2n) is 5.61. The van der Waals surface area contributed by atoms with Crippen molar-refractivity contribution in [3.05, 3.63) is 51.8 Å². The molecule has 0 spiro atoms. The van der Waals surface area contributed by atoms with Gasteiger partial charge in [0.1, 0.15) is 6.04 Å². The molecule has 0 saturated heterocycles. The van der Waals surface area contributed by atoms with Crippen LogP contribution < -0.4 is 10.6 Å². The molecule has 1 aliphatic carbocycles. The van der Waals surface area contributed by atoms with Crippen molar-refractivity contribution in [2.45, 2.75) is 24.9 Å². The van der Waals surface area contributed by atoms with Crippen molar-refractivity contribution < 1.29 is 4.79 Å². The molecule has 0 fully saturated rings. The lowest BCUT2D eigenvalue weighted by Gasteiger charge is -2.19. The number of hydrogen-bond donors (Lipinski definition) is 2. The highest BCUT2D eigenvalue weighted by molar-refractivity contribution is 9.10. The molecule has 3 rings (SSSR count). The van der Waals surface area contributed by atoms with Crippen molar-refractivity contribution in [3.8, 4) is 0 Å². The first-order valence-corrected chi connectivity index (χ1v) is 8.12. The Morgan fingerprint density at radius 3 is 2.91 bits per heavy atom. The van der Waals surface area contributed by atoms with Gasteiger partial charge >= 0.3 is 0 Å². The highest BCUT2D eigenvalue weighted by atomic mass is 79.9. The maximum Gasteiger partial charge on any atom is 0.242 e. The predicted molar refractivity (Wildman–Crippen MR) is 95.6 cm³/mol. The summed E-state index contributed by atoms with van der Waals surface area (Å²) < 4.78 is 2.79. The number of hydrogen-bond acceptors (Lipinski definition) is 3. The van der Waals surface area contributed by atoms with Crippen LogP contribution in [0.3, 0.4) is 0 Å². The number of likely N-dealkylation sites (N-methyl/N-ethyl adjacent to an activating group) is 1. The van der Waals surface area contributed by atoms with E-state index in [1.54, 1.807) is 17.9 Å². The lowest BCUT2D eigenvalue weighted by atomic mass is 10.1. The number of rotatable bonds is 4. The third-order valence-corrected chi connectivity index (χ3v) is 4.60. The number of nitrogens with zero attached hydrogens (tertiary/aromatic N) is 2. The van der Waals surface area contributed by atoms with Gasteiger partial charge in [0, 0.05) is 23.3 Å². The van der Waals surface area contributed by atoms with E-state index in [2.05, 4.69) is 43.8 Å². The third-order valence-electron chi connectivity index (χ3n) is 4.11. The van der Waals surface area contributed by atoms with Crippen molar-refractivity contribution in [2.24, 2.45) is 7.05 Å². The molecular formula is C16H20BrClN4O. The summed E-state index contributed by atoms with van der Waals surface area (Å²) in [7, 11) is 3.64. The van der Waals surface area contributed by atoms with Gasteiger partial charge in [0.2, 0.25) is 5.91 Å². The summed E-state index contributed by atoms with van der Waals surface area (Å²) in [6.07, 6.45) is 5.53. The van der Waals surface area contributed by atoms with E-state index in [-0.39, 0.29) is 30.4 Å². The predicted octanol–water partition coefficient (Wildman–Crippen LogP) is 2.67. The number of aromatic nitrogens is 2. The van der Waals surface area contributed by atoms with Gasteiger partial charge in [0.05, 0.1) is 12.2 Å². The molecule has 23 heavy (non-hydrogen) atoms. The van der Waals surface area contributed by atoms with E-state index < -0.39 is 0 Å². The highest BCUT2D eigenvalue weighted by Crippen LogP contribution is 2.33. The summed E-state index contributed by atoms with van der Waals surface area (Å²) in [5.41, 5.74) is 3.40. The van der Waals surface area contributed by atoms with E-state index in [1.165, 1.54) is 11.1 Å². The fourth-order valence-electron chi connectivity index (χ4n) is 3.03. The summed E-state index contributed by atoms with van der Waals surface area (Å²) in [6.45, 7) is 0. The molecule has 1 amide bonds. The molecule has 0 saturated carbocycles. The van der Waals surface area contributed by atoms with Crippen LogP contribution in [0.5, 0.6) is 0 Å². The van der Waals surface area contributed by atoms with Gasteiger partial charge in [-0.2, -0.15) is 5.10 Å². The summed E-state index contributed by atoms with van der Waals surface area (Å²) in [5, 5.41) is 10.4. The lowest BCUT2D eigenvalue weighted by molar-refractivity contribution is -0.123. The van der Waals surface area contributed by atoms with Crippen LogP contribution >= 0.6 is 28.3 Å². The van der Waals surface area contributed by atoms with Gasteiger partial charge in [0.15, 0.2) is 0 Å². The number of amides is 1. The minimum Gasteiger partial charge on any atom is -0.348 e. The van der Waals surface area contributed by atoms with Gasteiger partial charge in [-0.3, -0.25) is 9.48 Å². The van der Waals surface area contributed by atoms with Crippen LogP contribution in [0.2, 0.25) is 0 Å². The average Bonchev–Trinajstić information content (AvgIpc) is 3.07. The van der Waals surface area contributed by atoms with Crippen LogP contribution in [-0.4, -0.2) is 22.7 Å². The molecule has 5 nitrogen and oxygen atoms in total. The van der Waals surface area contributed by atoms with E-state index in [0.29, 0.717) is 0 Å². The minimum absolute atomic E-state index is 0. The zero-order valence-electron chi connectivity index (χ0n) is 13.0. The first-order chi connectivity index (χ1) is 10.6. The Balaban J connectivity index is 0.00000192. The van der Waals surface area contributed by atoms with Crippen LogP contribution in [0.15, 0.2) is 35.1 Å². The van der Waals surface area contributed by atoms with Crippen molar-refractivity contribution in [2.75, 3.05) is 7.05 Å². The van der Waals surface area contributed by atoms with Crippen molar-refractivity contribution in [1.29, 1.82) is 0 Å². The molecule has 2 N–H and O–H groups in total. The van der Waals surface area contributed by atoms with Crippen LogP contribution in [-0.2, 0) is 18.3 Å². The summed E-state index contributed by atoms with van der Waals surface area (Å²) in [6, 6.07) is 5.96. The Morgan fingerprint density at radius 2 is 2.26 bits per heavy atom. The molecule has 7 heteroatoms. The number of halogens is 2. The molecule has 1 heterocycles. The second-order valence-corrected chi connectivity index (χ2v) is 6.53. The SMILES string of the molecule is CNC(C(=O)NC1CCc2cc(Br)ccc21)c1cnn(C)c1.Cl. The molecule has 1 aromatic carbocycles. The zero-order valence-corrected chi connectivity index (χ0v) is 15.4. The van der Waals surface area contributed by atoms with E-state index in [0.717, 1.165) is 22.9 Å². The summed E-state index contributed by atoms with van der Waals surface area (Å²) in [4.78, 5) is 12.6. The molecule has 2 unspecified atom stereocenters. The van der Waals surface area contributed by atoms with Gasteiger partial charge in [0.25, 0.3) is 0 Å². The van der Waals surface area contributed by atoms with Gasteiger partial charge < -0.3 is 10.6 Å². The second kappa shape index (κ2) is 7.47. The number of nitrogens with one attached hydrogen (secondary N) is 2. The maximum absolute atomic E-state index is 12.6. The van der Waals surface area contributed by atoms with E-state index in [9.17, 15) is 4.79 Å². The van der Waals surface area contributed by atoms with Gasteiger partial charge in [-0.1, -0.05) is 22.0 Å². The Morgan fingerprint density at radius 1 is 1.48 bits per heavy atom. The topological polar surface area (TPSA) is 59.0 Å². The zero-order chi connectivity index (χ0) is 15.7. The lowest BCUT2D eigenvalue weighted by Crippen LogP contribution is -2.37. The number of fused-ring (bicyclic) bond motifs is 1. The van der Waals surface area contributed by atoms with Crippen LogP contribution in [0, 0.1) is 0 Å². The first-order valence-electron chi connectivity index (χ1n) is 7.33. The van der Waals surface area contributed by atoms with Crippen molar-refractivity contribution in [3.63, 3.8) is 0 Å². The van der Waals surface area contributed by atoms with E-state index in [1.807, 2.05) is 19.3 Å². The quantitative estimate of drug-likeness (QED) is 0.831. The van der Waals surface area contributed by atoms with Gasteiger partial charge in [-0.05, 0) is 43.1 Å². The minimum atomic E-state index is -0.381. The molecule has 0 bridgehead atoms. The average molecular weight is 400 g/mol. The number of benzene rings is 1. The molecule has 0 radical (unpaired) electrons. The van der Waals surface area contributed by atoms with Crippen molar-refractivity contribution >= 4 is 34.2 Å². The third kappa shape index (κ3) is 3.76. The first kappa shape index (κ1) is 18.0. The molecule has 1 aromatic heterocycles. The molecule has 2 atom stereocenters. The number of carbonyl (C=O) groups is 1. The highest BCUT2D eigenvalue weighted by Gasteiger charge is 2.27. The monoisotopic (exact) mass is 398 g/mol. The number of carbonyl (C=O) groups excluding carboxylic acids is 1. The maximum atomic E-state index is 12.6. The van der Waals surface area contributed by atoms with Crippen LogP contribution in [0.4, 0.5) is 0 Å². The Labute approximate surface area is 150 Å².